The van der Waals surface area contributed by atoms with Gasteiger partial charge in [-0.25, -0.2) is 0 Å². The van der Waals surface area contributed by atoms with Crippen LogP contribution in [0.1, 0.15) is 6.92 Å². The zero-order valence-electron chi connectivity index (χ0n) is 6.39. The van der Waals surface area contributed by atoms with Crippen molar-refractivity contribution in [3.8, 4) is 0 Å². The number of rotatable bonds is 1. The van der Waals surface area contributed by atoms with E-state index >= 15 is 0 Å². The number of carbonyl (C=O) groups excluding carboxylic acids is 1. The Morgan fingerprint density at radius 1 is 1.80 bits per heavy atom. The Balaban J connectivity index is 0.000000180. The molecule has 0 unspecified atom stereocenters. The van der Waals surface area contributed by atoms with E-state index in [1.165, 1.54) is 12.7 Å². The van der Waals surface area contributed by atoms with E-state index in [0.717, 1.165) is 13.1 Å². The zero-order valence-corrected chi connectivity index (χ0v) is 6.39. The van der Waals surface area contributed by atoms with Crippen molar-refractivity contribution in [2.45, 2.75) is 6.92 Å². The molecule has 0 bridgehead atoms. The maximum atomic E-state index is 8.95. The lowest BCUT2D eigenvalue weighted by atomic mass is 10.3. The van der Waals surface area contributed by atoms with Crippen molar-refractivity contribution < 1.29 is 9.53 Å². The summed E-state index contributed by atoms with van der Waals surface area (Å²) < 4.78 is 3.86. The van der Waals surface area contributed by atoms with Crippen LogP contribution in [0.2, 0.25) is 0 Å². The van der Waals surface area contributed by atoms with Crippen LogP contribution in [-0.4, -0.2) is 26.7 Å². The highest BCUT2D eigenvalue weighted by molar-refractivity contribution is 5.36. The Morgan fingerprint density at radius 3 is 2.50 bits per heavy atom. The molecule has 0 fully saturated rings. The molecule has 0 amide bonds. The molecule has 0 spiro atoms. The number of nitrogens with one attached hydrogen (secondary N) is 1. The van der Waals surface area contributed by atoms with Crippen molar-refractivity contribution in [3.63, 3.8) is 0 Å². The van der Waals surface area contributed by atoms with Crippen molar-refractivity contribution in [1.29, 1.82) is 0 Å². The second-order valence-corrected chi connectivity index (χ2v) is 2.01. The Hall–Kier alpha value is -0.830. The fraction of sp³-hybridized carbons (Fsp3) is 0.571. The highest BCUT2D eigenvalue weighted by Gasteiger charge is 1.92. The predicted molar refractivity (Wildman–Crippen MR) is 39.7 cm³/mol. The number of hydrogen-bond donors (Lipinski definition) is 1. The first-order valence-corrected chi connectivity index (χ1v) is 3.14. The molecule has 0 aromatic carbocycles. The predicted octanol–water partition coefficient (Wildman–Crippen LogP) is 0.325. The minimum absolute atomic E-state index is 0.375. The summed E-state index contributed by atoms with van der Waals surface area (Å²) in [5, 5.41) is 3.18. The first-order chi connectivity index (χ1) is 4.81. The second-order valence-electron chi connectivity index (χ2n) is 2.01. The van der Waals surface area contributed by atoms with E-state index < -0.39 is 0 Å². The number of hydrogen-bond acceptors (Lipinski definition) is 3. The Morgan fingerprint density at radius 2 is 2.40 bits per heavy atom. The van der Waals surface area contributed by atoms with Gasteiger partial charge in [-0.05, 0) is 6.92 Å². The summed E-state index contributed by atoms with van der Waals surface area (Å²) in [5.74, 6) is 0. The average Bonchev–Trinajstić information content (AvgIpc) is 2.40. The summed E-state index contributed by atoms with van der Waals surface area (Å²) in [6.07, 6.45) is 2.21. The van der Waals surface area contributed by atoms with E-state index in [2.05, 4.69) is 23.1 Å². The van der Waals surface area contributed by atoms with Crippen LogP contribution in [-0.2, 0) is 9.53 Å². The zero-order chi connectivity index (χ0) is 7.82. The third kappa shape index (κ3) is 5.31. The van der Waals surface area contributed by atoms with Gasteiger partial charge in [-0.3, -0.25) is 4.79 Å². The standard InChI is InChI=1S/C5H9N.C2H4O2/c1-5-2-3-6-4-5;1-4-2-3/h2,6H,3-4H2,1H3;2H,1H3. The molecule has 0 saturated carbocycles. The van der Waals surface area contributed by atoms with Crippen LogP contribution in [0.3, 0.4) is 0 Å². The first-order valence-electron chi connectivity index (χ1n) is 3.14. The maximum absolute atomic E-state index is 8.95. The molecule has 1 heterocycles. The van der Waals surface area contributed by atoms with E-state index in [9.17, 15) is 0 Å². The third-order valence-electron chi connectivity index (χ3n) is 1.09. The van der Waals surface area contributed by atoms with E-state index in [1.54, 1.807) is 0 Å². The number of ether oxygens (including phenoxy) is 1. The lowest BCUT2D eigenvalue weighted by Crippen LogP contribution is -2.06. The van der Waals surface area contributed by atoms with Gasteiger partial charge >= 0.3 is 0 Å². The van der Waals surface area contributed by atoms with Crippen LogP contribution in [0.25, 0.3) is 0 Å². The molecule has 3 nitrogen and oxygen atoms in total. The van der Waals surface area contributed by atoms with E-state index in [4.69, 9.17) is 4.79 Å². The highest BCUT2D eigenvalue weighted by Crippen LogP contribution is 1.92. The van der Waals surface area contributed by atoms with Crippen molar-refractivity contribution in [2.24, 2.45) is 0 Å². The molecule has 0 aromatic heterocycles. The van der Waals surface area contributed by atoms with Crippen LogP contribution in [0.5, 0.6) is 0 Å². The summed E-state index contributed by atoms with van der Waals surface area (Å²) in [5.41, 5.74) is 1.47. The Bertz CT molecular complexity index is 121. The molecule has 58 valence electrons. The summed E-state index contributed by atoms with van der Waals surface area (Å²) in [4.78, 5) is 8.95. The van der Waals surface area contributed by atoms with Crippen molar-refractivity contribution >= 4 is 6.47 Å². The molecule has 0 aliphatic carbocycles. The monoisotopic (exact) mass is 143 g/mol. The van der Waals surface area contributed by atoms with Crippen LogP contribution >= 0.6 is 0 Å². The largest absolute Gasteiger partial charge is 0.471 e. The summed E-state index contributed by atoms with van der Waals surface area (Å²) in [7, 11) is 1.31. The summed E-state index contributed by atoms with van der Waals surface area (Å²) >= 11 is 0. The highest BCUT2D eigenvalue weighted by atomic mass is 16.5. The van der Waals surface area contributed by atoms with Gasteiger partial charge in [0.2, 0.25) is 0 Å². The maximum Gasteiger partial charge on any atom is 0.292 e. The smallest absolute Gasteiger partial charge is 0.292 e. The second kappa shape index (κ2) is 6.29. The molecule has 0 aromatic rings. The van der Waals surface area contributed by atoms with Gasteiger partial charge < -0.3 is 10.1 Å². The van der Waals surface area contributed by atoms with Crippen LogP contribution in [0.15, 0.2) is 11.6 Å². The normalized spacial score (nSPS) is 14.8. The lowest BCUT2D eigenvalue weighted by Gasteiger charge is -1.83. The molecule has 1 rings (SSSR count). The molecular formula is C7H13NO2. The van der Waals surface area contributed by atoms with E-state index in [1.807, 2.05) is 0 Å². The molecule has 1 N–H and O–H groups in total. The van der Waals surface area contributed by atoms with Gasteiger partial charge in [0.1, 0.15) is 0 Å². The van der Waals surface area contributed by atoms with Gasteiger partial charge in [-0.2, -0.15) is 0 Å². The Kier molecular flexibility index (Phi) is 5.77. The minimum atomic E-state index is 0.375. The van der Waals surface area contributed by atoms with Gasteiger partial charge in [0, 0.05) is 13.1 Å². The van der Waals surface area contributed by atoms with Crippen molar-refractivity contribution in [1.82, 2.24) is 5.32 Å². The van der Waals surface area contributed by atoms with Crippen LogP contribution < -0.4 is 5.32 Å². The van der Waals surface area contributed by atoms with E-state index in [-0.39, 0.29) is 0 Å². The number of carbonyl (C=O) groups is 1. The van der Waals surface area contributed by atoms with Crippen molar-refractivity contribution in [2.75, 3.05) is 20.2 Å². The van der Waals surface area contributed by atoms with E-state index in [0.29, 0.717) is 6.47 Å². The average molecular weight is 143 g/mol. The first kappa shape index (κ1) is 9.17. The van der Waals surface area contributed by atoms with Gasteiger partial charge in [0.15, 0.2) is 0 Å². The molecule has 0 atom stereocenters. The fourth-order valence-electron chi connectivity index (χ4n) is 0.588. The summed E-state index contributed by atoms with van der Waals surface area (Å²) in [6, 6.07) is 0. The van der Waals surface area contributed by atoms with Gasteiger partial charge in [0.05, 0.1) is 7.11 Å². The van der Waals surface area contributed by atoms with Crippen LogP contribution in [0.4, 0.5) is 0 Å². The minimum Gasteiger partial charge on any atom is -0.471 e. The van der Waals surface area contributed by atoms with Gasteiger partial charge in [0.25, 0.3) is 6.47 Å². The lowest BCUT2D eigenvalue weighted by molar-refractivity contribution is -0.126. The van der Waals surface area contributed by atoms with Gasteiger partial charge in [-0.15, -0.1) is 0 Å². The molecule has 0 saturated heterocycles. The molecule has 1 aliphatic rings. The number of methoxy groups -OCH3 is 1. The third-order valence-corrected chi connectivity index (χ3v) is 1.09. The fourth-order valence-corrected chi connectivity index (χ4v) is 0.588. The quantitative estimate of drug-likeness (QED) is 0.424. The van der Waals surface area contributed by atoms with Crippen molar-refractivity contribution in [3.05, 3.63) is 11.6 Å². The molecular weight excluding hydrogens is 130 g/mol. The topological polar surface area (TPSA) is 38.3 Å². The molecule has 0 radical (unpaired) electrons. The van der Waals surface area contributed by atoms with Gasteiger partial charge in [-0.1, -0.05) is 11.6 Å². The SMILES string of the molecule is CC1=CCNC1.COC=O. The van der Waals surface area contributed by atoms with Crippen LogP contribution in [0, 0.1) is 0 Å². The molecule has 1 aliphatic heterocycles. The molecule has 3 heteroatoms. The molecule has 10 heavy (non-hydrogen) atoms. The summed E-state index contributed by atoms with van der Waals surface area (Å²) in [6.45, 7) is 4.69. The Labute approximate surface area is 61.1 Å².